The van der Waals surface area contributed by atoms with E-state index in [2.05, 4.69) is 0 Å². The van der Waals surface area contributed by atoms with Crippen molar-refractivity contribution in [3.05, 3.63) is 34.9 Å². The summed E-state index contributed by atoms with van der Waals surface area (Å²) in [5.41, 5.74) is 0.104. The molecule has 0 spiro atoms. The van der Waals surface area contributed by atoms with Crippen LogP contribution in [0.1, 0.15) is 44.4 Å². The minimum atomic E-state index is -4.06. The first-order chi connectivity index (χ1) is 9.91. The first kappa shape index (κ1) is 15.6. The Hall–Kier alpha value is -1.82. The molecule has 0 saturated heterocycles. The smallest absolute Gasteiger partial charge is 0.295 e. The average Bonchev–Trinajstić information content (AvgIpc) is 2.78. The summed E-state index contributed by atoms with van der Waals surface area (Å²) in [4.78, 5) is 36.6. The highest BCUT2D eigenvalue weighted by molar-refractivity contribution is 7.53. The summed E-state index contributed by atoms with van der Waals surface area (Å²) in [6, 6.07) is 4.36. The van der Waals surface area contributed by atoms with Crippen LogP contribution in [0.25, 0.3) is 0 Å². The van der Waals surface area contributed by atoms with Gasteiger partial charge in [-0.25, -0.2) is 4.57 Å². The van der Waals surface area contributed by atoms with Crippen molar-refractivity contribution in [1.82, 2.24) is 4.67 Å². The summed E-state index contributed by atoms with van der Waals surface area (Å²) >= 11 is 0. The monoisotopic (exact) mass is 311 g/mol. The fourth-order valence-corrected chi connectivity index (χ4v) is 3.28. The molecule has 0 aliphatic carbocycles. The van der Waals surface area contributed by atoms with Crippen LogP contribution in [0.2, 0.25) is 0 Å². The molecular weight excluding hydrogens is 297 g/mol. The predicted molar refractivity (Wildman–Crippen MR) is 73.2 cm³/mol. The summed E-state index contributed by atoms with van der Waals surface area (Å²) < 4.78 is 22.2. The zero-order valence-electron chi connectivity index (χ0n) is 11.8. The standard InChI is InChI=1S/C13H14NO6P/c1-4-10(15)8-6-5-7-9-11(8)13(17)14(12(9)16)21(18,19-2)20-3/h5-7H,4H2,1-3H3. The van der Waals surface area contributed by atoms with Gasteiger partial charge in [0.15, 0.2) is 5.78 Å². The molecule has 2 rings (SSSR count). The lowest BCUT2D eigenvalue weighted by Gasteiger charge is -2.21. The second-order valence-corrected chi connectivity index (χ2v) is 6.33. The van der Waals surface area contributed by atoms with Gasteiger partial charge in [-0.05, 0) is 6.07 Å². The third-order valence-corrected chi connectivity index (χ3v) is 5.00. The Bertz CT molecular complexity index is 675. The maximum Gasteiger partial charge on any atom is 0.444 e. The Morgan fingerprint density at radius 2 is 1.81 bits per heavy atom. The molecule has 0 fully saturated rings. The van der Waals surface area contributed by atoms with Crippen LogP contribution in [0, 0.1) is 0 Å². The van der Waals surface area contributed by atoms with Crippen molar-refractivity contribution in [3.63, 3.8) is 0 Å². The lowest BCUT2D eigenvalue weighted by atomic mass is 9.98. The number of ketones is 1. The van der Waals surface area contributed by atoms with Crippen molar-refractivity contribution < 1.29 is 28.0 Å². The van der Waals surface area contributed by atoms with Crippen molar-refractivity contribution in [2.45, 2.75) is 13.3 Å². The zero-order chi connectivity index (χ0) is 15.8. The number of fused-ring (bicyclic) bond motifs is 1. The average molecular weight is 311 g/mol. The number of carbonyl (C=O) groups excluding carboxylic acids is 3. The zero-order valence-corrected chi connectivity index (χ0v) is 12.7. The highest BCUT2D eigenvalue weighted by Crippen LogP contribution is 2.54. The van der Waals surface area contributed by atoms with Gasteiger partial charge in [0, 0.05) is 26.2 Å². The molecule has 0 atom stereocenters. The van der Waals surface area contributed by atoms with Gasteiger partial charge in [0.05, 0.1) is 11.1 Å². The third-order valence-electron chi connectivity index (χ3n) is 3.22. The fraction of sp³-hybridized carbons (Fsp3) is 0.308. The second kappa shape index (κ2) is 5.52. The molecule has 2 amide bonds. The summed E-state index contributed by atoms with van der Waals surface area (Å²) in [5.74, 6) is -1.92. The molecule has 21 heavy (non-hydrogen) atoms. The molecule has 1 heterocycles. The molecule has 0 bridgehead atoms. The molecule has 0 aromatic heterocycles. The first-order valence-electron chi connectivity index (χ1n) is 6.18. The number of rotatable bonds is 5. The van der Waals surface area contributed by atoms with E-state index in [1.165, 1.54) is 18.2 Å². The number of hydrogen-bond donors (Lipinski definition) is 0. The highest BCUT2D eigenvalue weighted by Gasteiger charge is 2.49. The SMILES string of the molecule is CCC(=O)c1cccc2c1C(=O)N(P(=O)(OC)OC)C2=O. The number of carbonyl (C=O) groups is 3. The van der Waals surface area contributed by atoms with E-state index in [4.69, 9.17) is 9.05 Å². The molecule has 0 radical (unpaired) electrons. The minimum absolute atomic E-state index is 0.0219. The predicted octanol–water partition coefficient (Wildman–Crippen LogP) is 2.28. The summed E-state index contributed by atoms with van der Waals surface area (Å²) in [6.07, 6.45) is 0.185. The molecule has 7 nitrogen and oxygen atoms in total. The quantitative estimate of drug-likeness (QED) is 0.471. The second-order valence-electron chi connectivity index (χ2n) is 4.26. The van der Waals surface area contributed by atoms with E-state index < -0.39 is 19.6 Å². The van der Waals surface area contributed by atoms with Crippen molar-refractivity contribution >= 4 is 25.3 Å². The molecule has 1 aromatic rings. The van der Waals surface area contributed by atoms with Gasteiger partial charge in [-0.3, -0.25) is 23.4 Å². The van der Waals surface area contributed by atoms with E-state index in [1.807, 2.05) is 0 Å². The number of imide groups is 1. The van der Waals surface area contributed by atoms with E-state index in [0.29, 0.717) is 4.67 Å². The highest BCUT2D eigenvalue weighted by atomic mass is 31.2. The van der Waals surface area contributed by atoms with Crippen LogP contribution in [-0.2, 0) is 13.6 Å². The topological polar surface area (TPSA) is 90.0 Å². The number of Topliss-reactive ketones (excluding diaryl/α,β-unsaturated/α-hetero) is 1. The molecule has 1 aliphatic rings. The first-order valence-corrected chi connectivity index (χ1v) is 7.67. The van der Waals surface area contributed by atoms with Gasteiger partial charge in [0.25, 0.3) is 11.8 Å². The molecule has 8 heteroatoms. The largest absolute Gasteiger partial charge is 0.444 e. The summed E-state index contributed by atoms with van der Waals surface area (Å²) in [5, 5.41) is 0. The van der Waals surface area contributed by atoms with Crippen LogP contribution in [-0.4, -0.2) is 36.5 Å². The van der Waals surface area contributed by atoms with E-state index in [0.717, 1.165) is 14.2 Å². The van der Waals surface area contributed by atoms with Gasteiger partial charge in [-0.2, -0.15) is 4.67 Å². The van der Waals surface area contributed by atoms with E-state index in [1.54, 1.807) is 6.92 Å². The maximum absolute atomic E-state index is 12.4. The van der Waals surface area contributed by atoms with Crippen LogP contribution in [0.15, 0.2) is 18.2 Å². The molecular formula is C13H14NO6P. The van der Waals surface area contributed by atoms with Crippen LogP contribution >= 0.6 is 7.75 Å². The van der Waals surface area contributed by atoms with Gasteiger partial charge in [0.2, 0.25) is 0 Å². The Morgan fingerprint density at radius 1 is 1.19 bits per heavy atom. The van der Waals surface area contributed by atoms with Crippen molar-refractivity contribution in [2.24, 2.45) is 0 Å². The molecule has 0 saturated carbocycles. The van der Waals surface area contributed by atoms with Crippen molar-refractivity contribution in [2.75, 3.05) is 14.2 Å². The van der Waals surface area contributed by atoms with Gasteiger partial charge in [-0.1, -0.05) is 19.1 Å². The maximum atomic E-state index is 12.4. The third kappa shape index (κ3) is 2.23. The Kier molecular flexibility index (Phi) is 4.09. The van der Waals surface area contributed by atoms with Gasteiger partial charge >= 0.3 is 7.75 Å². The van der Waals surface area contributed by atoms with Gasteiger partial charge in [-0.15, -0.1) is 0 Å². The number of nitrogens with zero attached hydrogens (tertiary/aromatic N) is 1. The van der Waals surface area contributed by atoms with Crippen LogP contribution in [0.3, 0.4) is 0 Å². The van der Waals surface area contributed by atoms with E-state index in [9.17, 15) is 18.9 Å². The van der Waals surface area contributed by atoms with Crippen molar-refractivity contribution in [3.8, 4) is 0 Å². The van der Waals surface area contributed by atoms with Gasteiger partial charge in [0.1, 0.15) is 0 Å². The Morgan fingerprint density at radius 3 is 2.33 bits per heavy atom. The minimum Gasteiger partial charge on any atom is -0.295 e. The molecule has 112 valence electrons. The Balaban J connectivity index is 2.63. The number of hydrogen-bond acceptors (Lipinski definition) is 6. The van der Waals surface area contributed by atoms with Crippen LogP contribution < -0.4 is 0 Å². The molecule has 1 aliphatic heterocycles. The lowest BCUT2D eigenvalue weighted by molar-refractivity contribution is 0.0709. The fourth-order valence-electron chi connectivity index (χ4n) is 2.16. The van der Waals surface area contributed by atoms with Crippen LogP contribution in [0.5, 0.6) is 0 Å². The Labute approximate surface area is 121 Å². The summed E-state index contributed by atoms with van der Waals surface area (Å²) in [6.45, 7) is 1.65. The van der Waals surface area contributed by atoms with E-state index in [-0.39, 0.29) is 28.9 Å². The molecule has 1 aromatic carbocycles. The van der Waals surface area contributed by atoms with Gasteiger partial charge < -0.3 is 0 Å². The normalized spacial score (nSPS) is 14.5. The molecule has 0 unspecified atom stereocenters. The molecule has 0 N–H and O–H groups in total. The van der Waals surface area contributed by atoms with Crippen molar-refractivity contribution in [1.29, 1.82) is 0 Å². The van der Waals surface area contributed by atoms with Crippen LogP contribution in [0.4, 0.5) is 0 Å². The number of amides is 2. The van der Waals surface area contributed by atoms with E-state index >= 15 is 0 Å². The summed E-state index contributed by atoms with van der Waals surface area (Å²) in [7, 11) is -1.91. The number of benzene rings is 1. The lowest BCUT2D eigenvalue weighted by Crippen LogP contribution is -2.28.